The molecule has 2 aliphatic rings. The number of piperazine rings is 1. The first-order chi connectivity index (χ1) is 14.1. The first-order valence-corrected chi connectivity index (χ1v) is 11.0. The zero-order valence-electron chi connectivity index (χ0n) is 18.1. The number of anilines is 1. The quantitative estimate of drug-likeness (QED) is 0.535. The molecular weight excluding hydrogens is 364 g/mol. The molecule has 0 aromatic heterocycles. The number of hydrogen-bond acceptors (Lipinski definition) is 4. The molecule has 2 N–H and O–H groups in total. The number of guanidine groups is 1. The van der Waals surface area contributed by atoms with Gasteiger partial charge in [-0.2, -0.15) is 0 Å². The highest BCUT2D eigenvalue weighted by atomic mass is 16.2. The summed E-state index contributed by atoms with van der Waals surface area (Å²) in [6.07, 6.45) is 0.494. The van der Waals surface area contributed by atoms with E-state index < -0.39 is 0 Å². The molecule has 2 unspecified atom stereocenters. The molecule has 2 saturated heterocycles. The van der Waals surface area contributed by atoms with E-state index in [1.807, 2.05) is 35.2 Å². The molecule has 0 spiro atoms. The van der Waals surface area contributed by atoms with Crippen molar-refractivity contribution in [1.29, 1.82) is 0 Å². The van der Waals surface area contributed by atoms with Gasteiger partial charge in [0.15, 0.2) is 5.96 Å². The van der Waals surface area contributed by atoms with Crippen LogP contribution in [0.1, 0.15) is 27.2 Å². The van der Waals surface area contributed by atoms with Gasteiger partial charge in [-0.15, -0.1) is 0 Å². The molecule has 2 heterocycles. The van der Waals surface area contributed by atoms with Gasteiger partial charge in [0.1, 0.15) is 0 Å². The maximum absolute atomic E-state index is 12.5. The number of nitrogens with one attached hydrogen (secondary N) is 2. The monoisotopic (exact) mass is 400 g/mol. The third-order valence-corrected chi connectivity index (χ3v) is 5.87. The highest BCUT2D eigenvalue weighted by Gasteiger charge is 2.31. The minimum atomic E-state index is 0.0731. The summed E-state index contributed by atoms with van der Waals surface area (Å²) in [7, 11) is 0. The van der Waals surface area contributed by atoms with E-state index in [-0.39, 0.29) is 11.9 Å². The Hall–Kier alpha value is -2.12. The van der Waals surface area contributed by atoms with Crippen molar-refractivity contribution in [1.82, 2.24) is 20.4 Å². The molecule has 0 bridgehead atoms. The Balaban J connectivity index is 1.53. The Morgan fingerprint density at radius 3 is 2.55 bits per heavy atom. The summed E-state index contributed by atoms with van der Waals surface area (Å²) in [5.41, 5.74) is 0.962. The highest BCUT2D eigenvalue weighted by Crippen LogP contribution is 2.21. The molecule has 7 heteroatoms. The average molecular weight is 401 g/mol. The largest absolute Gasteiger partial charge is 0.357 e. The molecule has 1 amide bonds. The van der Waals surface area contributed by atoms with Crippen molar-refractivity contribution in [3.63, 3.8) is 0 Å². The minimum absolute atomic E-state index is 0.0731. The molecule has 1 aromatic carbocycles. The smallest absolute Gasteiger partial charge is 0.229 e. The molecule has 7 nitrogen and oxygen atoms in total. The second-order valence-electron chi connectivity index (χ2n) is 7.92. The molecule has 2 fully saturated rings. The van der Waals surface area contributed by atoms with E-state index in [2.05, 4.69) is 41.2 Å². The number of likely N-dealkylation sites (N-methyl/N-ethyl adjacent to an activating group) is 1. The van der Waals surface area contributed by atoms with Crippen molar-refractivity contribution in [3.05, 3.63) is 30.3 Å². The van der Waals surface area contributed by atoms with Gasteiger partial charge < -0.3 is 20.4 Å². The van der Waals surface area contributed by atoms with Crippen LogP contribution in [0.4, 0.5) is 5.69 Å². The fourth-order valence-electron chi connectivity index (χ4n) is 4.03. The lowest BCUT2D eigenvalue weighted by molar-refractivity contribution is -0.117. The van der Waals surface area contributed by atoms with Crippen molar-refractivity contribution < 1.29 is 4.79 Å². The fraction of sp³-hybridized carbons (Fsp3) is 0.636. The van der Waals surface area contributed by atoms with E-state index in [0.717, 1.165) is 57.5 Å². The van der Waals surface area contributed by atoms with E-state index in [9.17, 15) is 4.79 Å². The van der Waals surface area contributed by atoms with E-state index in [4.69, 9.17) is 4.99 Å². The van der Waals surface area contributed by atoms with Gasteiger partial charge in [-0.3, -0.25) is 14.7 Å². The summed E-state index contributed by atoms with van der Waals surface area (Å²) in [4.78, 5) is 24.2. The number of aliphatic imine (C=N–C) groups is 1. The Morgan fingerprint density at radius 1 is 1.17 bits per heavy atom. The predicted octanol–water partition coefficient (Wildman–Crippen LogP) is 1.37. The second kappa shape index (κ2) is 10.6. The number of nitrogens with zero attached hydrogens (tertiary/aromatic N) is 4. The highest BCUT2D eigenvalue weighted by molar-refractivity contribution is 5.97. The van der Waals surface area contributed by atoms with Crippen molar-refractivity contribution in [2.45, 2.75) is 39.3 Å². The third kappa shape index (κ3) is 5.93. The minimum Gasteiger partial charge on any atom is -0.357 e. The van der Waals surface area contributed by atoms with Crippen LogP contribution in [0.2, 0.25) is 0 Å². The average Bonchev–Trinajstić information content (AvgIpc) is 3.12. The SMILES string of the molecule is CCNC(=NCC(C)N1CCN(CC)CC1)NC1CC(=O)N(c2ccccc2)C1. The van der Waals surface area contributed by atoms with E-state index in [1.54, 1.807) is 0 Å². The van der Waals surface area contributed by atoms with Gasteiger partial charge in [0.2, 0.25) is 5.91 Å². The Labute approximate surface area is 175 Å². The summed E-state index contributed by atoms with van der Waals surface area (Å²) in [5.74, 6) is 0.964. The first kappa shape index (κ1) is 21.6. The van der Waals surface area contributed by atoms with Crippen LogP contribution in [-0.2, 0) is 4.79 Å². The molecule has 1 aromatic rings. The van der Waals surface area contributed by atoms with Crippen molar-refractivity contribution in [2.75, 3.05) is 57.3 Å². The number of rotatable bonds is 7. The summed E-state index contributed by atoms with van der Waals surface area (Å²) >= 11 is 0. The van der Waals surface area contributed by atoms with Crippen LogP contribution >= 0.6 is 0 Å². The van der Waals surface area contributed by atoms with Crippen LogP contribution in [-0.4, -0.2) is 86.1 Å². The number of benzene rings is 1. The molecule has 0 saturated carbocycles. The number of hydrogen-bond donors (Lipinski definition) is 2. The molecular formula is C22H36N6O. The van der Waals surface area contributed by atoms with Gasteiger partial charge in [0.05, 0.1) is 12.6 Å². The van der Waals surface area contributed by atoms with E-state index in [0.29, 0.717) is 19.0 Å². The number of para-hydroxylation sites is 1. The van der Waals surface area contributed by atoms with Crippen LogP contribution < -0.4 is 15.5 Å². The van der Waals surface area contributed by atoms with Gasteiger partial charge in [-0.25, -0.2) is 0 Å². The molecule has 0 aliphatic carbocycles. The molecule has 0 radical (unpaired) electrons. The maximum Gasteiger partial charge on any atom is 0.229 e. The molecule has 3 rings (SSSR count). The molecule has 2 atom stereocenters. The van der Waals surface area contributed by atoms with Crippen LogP contribution in [0.15, 0.2) is 35.3 Å². The third-order valence-electron chi connectivity index (χ3n) is 5.87. The number of amides is 1. The summed E-state index contributed by atoms with van der Waals surface area (Å²) in [6.45, 7) is 14.4. The topological polar surface area (TPSA) is 63.2 Å². The number of carbonyl (C=O) groups is 1. The molecule has 160 valence electrons. The van der Waals surface area contributed by atoms with Gasteiger partial charge in [0, 0.05) is 57.4 Å². The van der Waals surface area contributed by atoms with Gasteiger partial charge >= 0.3 is 0 Å². The summed E-state index contributed by atoms with van der Waals surface area (Å²) in [6, 6.07) is 10.4. The predicted molar refractivity (Wildman–Crippen MR) is 119 cm³/mol. The lowest BCUT2D eigenvalue weighted by Crippen LogP contribution is -2.50. The second-order valence-corrected chi connectivity index (χ2v) is 7.92. The van der Waals surface area contributed by atoms with Crippen molar-refractivity contribution >= 4 is 17.6 Å². The summed E-state index contributed by atoms with van der Waals surface area (Å²) in [5, 5.41) is 6.81. The van der Waals surface area contributed by atoms with Gasteiger partial charge in [-0.05, 0) is 32.5 Å². The standard InChI is InChI=1S/C22H36N6O/c1-4-23-22(24-16-18(3)27-13-11-26(5-2)12-14-27)25-19-15-21(29)28(17-19)20-9-7-6-8-10-20/h6-10,18-19H,4-5,11-17H2,1-3H3,(H2,23,24,25). The zero-order chi connectivity index (χ0) is 20.6. The zero-order valence-corrected chi connectivity index (χ0v) is 18.1. The molecule has 29 heavy (non-hydrogen) atoms. The number of carbonyl (C=O) groups excluding carboxylic acids is 1. The van der Waals surface area contributed by atoms with Crippen LogP contribution in [0.5, 0.6) is 0 Å². The lowest BCUT2D eigenvalue weighted by Gasteiger charge is -2.37. The van der Waals surface area contributed by atoms with Crippen molar-refractivity contribution in [2.24, 2.45) is 4.99 Å². The van der Waals surface area contributed by atoms with Crippen LogP contribution in [0, 0.1) is 0 Å². The molecule has 2 aliphatic heterocycles. The van der Waals surface area contributed by atoms with Crippen LogP contribution in [0.25, 0.3) is 0 Å². The normalized spacial score (nSPS) is 22.7. The van der Waals surface area contributed by atoms with E-state index >= 15 is 0 Å². The maximum atomic E-state index is 12.5. The fourth-order valence-corrected chi connectivity index (χ4v) is 4.03. The van der Waals surface area contributed by atoms with Crippen LogP contribution in [0.3, 0.4) is 0 Å². The Morgan fingerprint density at radius 2 is 1.90 bits per heavy atom. The first-order valence-electron chi connectivity index (χ1n) is 11.0. The lowest BCUT2D eigenvalue weighted by atomic mass is 10.2. The van der Waals surface area contributed by atoms with Crippen molar-refractivity contribution in [3.8, 4) is 0 Å². The Bertz CT molecular complexity index is 671. The van der Waals surface area contributed by atoms with Gasteiger partial charge in [0.25, 0.3) is 0 Å². The summed E-state index contributed by atoms with van der Waals surface area (Å²) < 4.78 is 0. The van der Waals surface area contributed by atoms with E-state index in [1.165, 1.54) is 0 Å². The van der Waals surface area contributed by atoms with Gasteiger partial charge in [-0.1, -0.05) is 25.1 Å². The Kier molecular flexibility index (Phi) is 7.89.